The number of carboxylic acid groups (broad SMARTS) is 2. The van der Waals surface area contributed by atoms with E-state index in [1.54, 1.807) is 6.07 Å². The first-order valence-corrected chi connectivity index (χ1v) is 5.05. The Hall–Kier alpha value is -2.42. The summed E-state index contributed by atoms with van der Waals surface area (Å²) in [5, 5.41) is 26.4. The number of rotatable bonds is 5. The first-order chi connectivity index (χ1) is 8.47. The van der Waals surface area contributed by atoms with Gasteiger partial charge in [-0.05, 0) is 17.7 Å². The monoisotopic (exact) mass is 251 g/mol. The van der Waals surface area contributed by atoms with E-state index in [1.807, 2.05) is 0 Å². The Morgan fingerprint density at radius 1 is 1.22 bits per heavy atom. The number of carboxylic acids is 2. The van der Waals surface area contributed by atoms with Gasteiger partial charge in [0.1, 0.15) is 5.82 Å². The molecule has 1 aromatic rings. The Kier molecular flexibility index (Phi) is 4.38. The summed E-state index contributed by atoms with van der Waals surface area (Å²) in [5.41, 5.74) is 0.313. The van der Waals surface area contributed by atoms with Crippen molar-refractivity contribution in [2.24, 2.45) is 5.92 Å². The summed E-state index contributed by atoms with van der Waals surface area (Å²) >= 11 is 0. The van der Waals surface area contributed by atoms with Crippen LogP contribution in [0.15, 0.2) is 24.3 Å². The number of carbonyl (C=O) groups is 2. The number of hydrogen-bond acceptors (Lipinski definition) is 3. The minimum Gasteiger partial charge on any atom is -0.481 e. The van der Waals surface area contributed by atoms with Gasteiger partial charge in [-0.3, -0.25) is 9.59 Å². The number of halogens is 1. The molecule has 0 aliphatic carbocycles. The van der Waals surface area contributed by atoms with Crippen LogP contribution in [0.5, 0.6) is 0 Å². The van der Waals surface area contributed by atoms with Crippen molar-refractivity contribution in [3.8, 4) is 6.07 Å². The molecule has 5 nitrogen and oxygen atoms in total. The summed E-state index contributed by atoms with van der Waals surface area (Å²) < 4.78 is 12.8. The van der Waals surface area contributed by atoms with E-state index in [0.717, 1.165) is 12.1 Å². The van der Waals surface area contributed by atoms with Crippen molar-refractivity contribution >= 4 is 11.9 Å². The normalized spacial score (nSPS) is 11.8. The summed E-state index contributed by atoms with van der Waals surface area (Å²) in [6.45, 7) is 0. The van der Waals surface area contributed by atoms with Crippen LogP contribution in [0, 0.1) is 23.1 Å². The van der Waals surface area contributed by atoms with Crippen LogP contribution in [0.3, 0.4) is 0 Å². The van der Waals surface area contributed by atoms with E-state index in [1.165, 1.54) is 12.1 Å². The third-order valence-electron chi connectivity index (χ3n) is 2.54. The average molecular weight is 251 g/mol. The first-order valence-electron chi connectivity index (χ1n) is 5.05. The Morgan fingerprint density at radius 2 is 1.72 bits per heavy atom. The maximum Gasteiger partial charge on any atom is 0.318 e. The summed E-state index contributed by atoms with van der Waals surface area (Å²) in [6.07, 6.45) is -0.269. The van der Waals surface area contributed by atoms with E-state index in [4.69, 9.17) is 15.5 Å². The summed E-state index contributed by atoms with van der Waals surface area (Å²) in [6, 6.07) is 6.52. The molecular formula is C12H10FNO4. The van der Waals surface area contributed by atoms with Crippen LogP contribution in [0.4, 0.5) is 4.39 Å². The number of nitriles is 1. The van der Waals surface area contributed by atoms with E-state index in [-0.39, 0.29) is 6.42 Å². The minimum absolute atomic E-state index is 0.269. The molecule has 94 valence electrons. The molecule has 1 unspecified atom stereocenters. The van der Waals surface area contributed by atoms with Crippen molar-refractivity contribution in [1.82, 2.24) is 0 Å². The topological polar surface area (TPSA) is 98.4 Å². The summed E-state index contributed by atoms with van der Waals surface area (Å²) in [7, 11) is 0. The summed E-state index contributed by atoms with van der Waals surface area (Å²) in [5.74, 6) is -6.29. The Bertz CT molecular complexity index is 478. The second kappa shape index (κ2) is 5.77. The van der Waals surface area contributed by atoms with Gasteiger partial charge in [0.2, 0.25) is 0 Å². The smallest absolute Gasteiger partial charge is 0.318 e. The molecule has 0 saturated carbocycles. The van der Waals surface area contributed by atoms with E-state index in [2.05, 4.69) is 0 Å². The highest BCUT2D eigenvalue weighted by Crippen LogP contribution is 2.28. The highest BCUT2D eigenvalue weighted by molar-refractivity contribution is 5.94. The second-order valence-electron chi connectivity index (χ2n) is 3.67. The van der Waals surface area contributed by atoms with E-state index >= 15 is 0 Å². The minimum atomic E-state index is -1.73. The number of hydrogen-bond donors (Lipinski definition) is 2. The molecule has 0 radical (unpaired) electrons. The van der Waals surface area contributed by atoms with Gasteiger partial charge in [-0.15, -0.1) is 0 Å². The van der Waals surface area contributed by atoms with Gasteiger partial charge in [0, 0.05) is 12.3 Å². The molecule has 1 rings (SSSR count). The molecule has 0 heterocycles. The molecule has 2 N–H and O–H groups in total. The molecule has 0 bridgehead atoms. The quantitative estimate of drug-likeness (QED) is 0.774. The predicted octanol–water partition coefficient (Wildman–Crippen LogP) is 1.61. The Balaban J connectivity index is 3.16. The van der Waals surface area contributed by atoms with Crippen LogP contribution in [0.2, 0.25) is 0 Å². The third kappa shape index (κ3) is 3.04. The van der Waals surface area contributed by atoms with Crippen LogP contribution in [0.1, 0.15) is 17.9 Å². The number of aliphatic carboxylic acids is 2. The van der Waals surface area contributed by atoms with Crippen LogP contribution in [-0.4, -0.2) is 22.2 Å². The lowest BCUT2D eigenvalue weighted by molar-refractivity contribution is -0.155. The van der Waals surface area contributed by atoms with Crippen LogP contribution in [0.25, 0.3) is 0 Å². The fourth-order valence-electron chi connectivity index (χ4n) is 1.69. The Labute approximate surface area is 102 Å². The van der Waals surface area contributed by atoms with Crippen LogP contribution in [-0.2, 0) is 9.59 Å². The highest BCUT2D eigenvalue weighted by atomic mass is 19.1. The number of benzene rings is 1. The van der Waals surface area contributed by atoms with Gasteiger partial charge in [-0.1, -0.05) is 12.1 Å². The molecule has 1 aromatic carbocycles. The molecule has 18 heavy (non-hydrogen) atoms. The first kappa shape index (κ1) is 13.6. The SMILES string of the molecule is N#CCC(c1ccc(F)cc1)C(C(=O)O)C(=O)O. The molecular weight excluding hydrogens is 241 g/mol. The zero-order valence-corrected chi connectivity index (χ0v) is 9.21. The van der Waals surface area contributed by atoms with Crippen molar-refractivity contribution in [3.63, 3.8) is 0 Å². The Morgan fingerprint density at radius 3 is 2.11 bits per heavy atom. The van der Waals surface area contributed by atoms with E-state index in [0.29, 0.717) is 5.56 Å². The molecule has 6 heteroatoms. The van der Waals surface area contributed by atoms with Gasteiger partial charge in [0.05, 0.1) is 6.07 Å². The maximum atomic E-state index is 12.8. The standard InChI is InChI=1S/C12H10FNO4/c13-8-3-1-7(2-4-8)9(5-6-14)10(11(15)16)12(17)18/h1-4,9-10H,5H2,(H,15,16)(H,17,18). The number of nitrogens with zero attached hydrogens (tertiary/aromatic N) is 1. The predicted molar refractivity (Wildman–Crippen MR) is 58.1 cm³/mol. The lowest BCUT2D eigenvalue weighted by Crippen LogP contribution is -2.29. The summed E-state index contributed by atoms with van der Waals surface area (Å²) in [4.78, 5) is 21.9. The van der Waals surface area contributed by atoms with E-state index in [9.17, 15) is 14.0 Å². The third-order valence-corrected chi connectivity index (χ3v) is 2.54. The largest absolute Gasteiger partial charge is 0.481 e. The lowest BCUT2D eigenvalue weighted by Gasteiger charge is -2.18. The van der Waals surface area contributed by atoms with Crippen molar-refractivity contribution in [2.45, 2.75) is 12.3 Å². The lowest BCUT2D eigenvalue weighted by atomic mass is 9.84. The fourth-order valence-corrected chi connectivity index (χ4v) is 1.69. The molecule has 0 aliphatic heterocycles. The van der Waals surface area contributed by atoms with E-state index < -0.39 is 29.6 Å². The molecule has 0 spiro atoms. The van der Waals surface area contributed by atoms with Gasteiger partial charge in [0.15, 0.2) is 5.92 Å². The van der Waals surface area contributed by atoms with Gasteiger partial charge < -0.3 is 10.2 Å². The maximum absolute atomic E-state index is 12.8. The van der Waals surface area contributed by atoms with Crippen molar-refractivity contribution in [1.29, 1.82) is 5.26 Å². The van der Waals surface area contributed by atoms with Crippen molar-refractivity contribution < 1.29 is 24.2 Å². The molecule has 0 aromatic heterocycles. The molecule has 0 amide bonds. The van der Waals surface area contributed by atoms with Crippen LogP contribution < -0.4 is 0 Å². The molecule has 0 saturated heterocycles. The van der Waals surface area contributed by atoms with Gasteiger partial charge in [-0.25, -0.2) is 4.39 Å². The second-order valence-corrected chi connectivity index (χ2v) is 3.67. The highest BCUT2D eigenvalue weighted by Gasteiger charge is 2.35. The van der Waals surface area contributed by atoms with Crippen LogP contribution >= 0.6 is 0 Å². The molecule has 1 atom stereocenters. The molecule has 0 aliphatic rings. The van der Waals surface area contributed by atoms with Crippen molar-refractivity contribution in [2.75, 3.05) is 0 Å². The van der Waals surface area contributed by atoms with Crippen molar-refractivity contribution in [3.05, 3.63) is 35.6 Å². The van der Waals surface area contributed by atoms with Gasteiger partial charge in [0.25, 0.3) is 0 Å². The average Bonchev–Trinajstić information content (AvgIpc) is 2.28. The van der Waals surface area contributed by atoms with Gasteiger partial charge >= 0.3 is 11.9 Å². The zero-order chi connectivity index (χ0) is 13.7. The van der Waals surface area contributed by atoms with Gasteiger partial charge in [-0.2, -0.15) is 5.26 Å². The molecule has 0 fully saturated rings. The fraction of sp³-hybridized carbons (Fsp3) is 0.250. The zero-order valence-electron chi connectivity index (χ0n) is 9.21.